The van der Waals surface area contributed by atoms with Crippen LogP contribution in [0.2, 0.25) is 0 Å². The second-order valence-corrected chi connectivity index (χ2v) is 11.9. The molecule has 1 aromatic rings. The molecular formula is C26H41N5O5S. The second kappa shape index (κ2) is 13.3. The normalized spacial score (nSPS) is 26.8. The van der Waals surface area contributed by atoms with E-state index in [2.05, 4.69) is 21.3 Å². The highest BCUT2D eigenvalue weighted by atomic mass is 32.2. The molecule has 6 N–H and O–H groups in total. The number of urea groups is 1. The molecule has 10 nitrogen and oxygen atoms in total. The van der Waals surface area contributed by atoms with Crippen molar-refractivity contribution >= 4 is 29.6 Å². The Morgan fingerprint density at radius 1 is 0.973 bits per heavy atom. The van der Waals surface area contributed by atoms with E-state index in [1.54, 1.807) is 0 Å². The molecule has 0 bridgehead atoms. The van der Waals surface area contributed by atoms with Gasteiger partial charge in [-0.1, -0.05) is 6.42 Å². The van der Waals surface area contributed by atoms with E-state index in [1.165, 1.54) is 16.7 Å². The summed E-state index contributed by atoms with van der Waals surface area (Å²) in [4.78, 5) is 36.0. The Labute approximate surface area is 222 Å². The number of hydrogen-bond acceptors (Lipinski definition) is 6. The predicted molar refractivity (Wildman–Crippen MR) is 142 cm³/mol. The number of nitrogens with one attached hydrogen (secondary N) is 4. The molecule has 2 aliphatic heterocycles. The van der Waals surface area contributed by atoms with Crippen LogP contribution in [0.5, 0.6) is 11.8 Å². The van der Waals surface area contributed by atoms with E-state index in [1.807, 2.05) is 11.8 Å². The summed E-state index contributed by atoms with van der Waals surface area (Å²) in [5.74, 6) is 1.66. The van der Waals surface area contributed by atoms with Crippen LogP contribution in [0.15, 0.2) is 12.1 Å². The molecule has 1 aliphatic carbocycles. The first kappa shape index (κ1) is 27.5. The van der Waals surface area contributed by atoms with Gasteiger partial charge in [0.15, 0.2) is 11.8 Å². The summed E-state index contributed by atoms with van der Waals surface area (Å²) in [5, 5.41) is 32.0. The number of aromatic hydroxyl groups is 2. The van der Waals surface area contributed by atoms with Crippen LogP contribution in [0.4, 0.5) is 4.79 Å². The maximum absolute atomic E-state index is 12.5. The summed E-state index contributed by atoms with van der Waals surface area (Å²) in [6.45, 7) is 1.81. The number of thioether (sulfide) groups is 1. The fourth-order valence-corrected chi connectivity index (χ4v) is 7.24. The molecule has 0 radical (unpaired) electrons. The Kier molecular flexibility index (Phi) is 9.88. The van der Waals surface area contributed by atoms with Crippen LogP contribution in [0.1, 0.15) is 64.2 Å². The van der Waals surface area contributed by atoms with Crippen LogP contribution < -0.4 is 21.3 Å². The number of aromatic nitrogens is 1. The molecule has 37 heavy (non-hydrogen) atoms. The topological polar surface area (TPSA) is 145 Å². The lowest BCUT2D eigenvalue weighted by molar-refractivity contribution is -0.126. The maximum Gasteiger partial charge on any atom is 0.315 e. The van der Waals surface area contributed by atoms with Crippen LogP contribution in [0.3, 0.4) is 0 Å². The minimum absolute atomic E-state index is 0.0255. The lowest BCUT2D eigenvalue weighted by atomic mass is 9.81. The van der Waals surface area contributed by atoms with Crippen molar-refractivity contribution in [1.29, 1.82) is 0 Å². The van der Waals surface area contributed by atoms with Gasteiger partial charge in [-0.3, -0.25) is 14.2 Å². The molecule has 1 saturated carbocycles. The average molecular weight is 536 g/mol. The third-order valence-corrected chi connectivity index (χ3v) is 9.41. The van der Waals surface area contributed by atoms with Crippen LogP contribution >= 0.6 is 11.8 Å². The largest absolute Gasteiger partial charge is 0.494 e. The Balaban J connectivity index is 0.977. The zero-order valence-corrected chi connectivity index (χ0v) is 22.2. The lowest BCUT2D eigenvalue weighted by Gasteiger charge is -2.28. The number of rotatable bonds is 13. The van der Waals surface area contributed by atoms with Crippen molar-refractivity contribution in [2.75, 3.05) is 18.8 Å². The van der Waals surface area contributed by atoms with E-state index in [4.69, 9.17) is 0 Å². The standard InChI is InChI=1S/C26H41N5O5S/c32-21(6-2-1-5-20-24-19(16-37-20)29-26(36)30-24)27-13-3-4-14-28-25(35)18-9-7-17(8-10-18)15-31-22(33)11-12-23(31)34/h11-12,17-20,24,33-34H,1-10,13-16H2,(H,27,32)(H,28,35)(H2,29,30,36). The maximum atomic E-state index is 12.5. The van der Waals surface area contributed by atoms with Gasteiger partial charge in [0.1, 0.15) is 0 Å². The Hall–Kier alpha value is -2.56. The van der Waals surface area contributed by atoms with Gasteiger partial charge < -0.3 is 31.5 Å². The van der Waals surface area contributed by atoms with E-state index in [0.717, 1.165) is 63.5 Å². The zero-order valence-electron chi connectivity index (χ0n) is 21.4. The van der Waals surface area contributed by atoms with Gasteiger partial charge in [-0.25, -0.2) is 4.79 Å². The molecular weight excluding hydrogens is 494 g/mol. The van der Waals surface area contributed by atoms with Gasteiger partial charge in [0.25, 0.3) is 0 Å². The van der Waals surface area contributed by atoms with Gasteiger partial charge in [-0.2, -0.15) is 11.8 Å². The van der Waals surface area contributed by atoms with Crippen molar-refractivity contribution in [2.24, 2.45) is 11.8 Å². The summed E-state index contributed by atoms with van der Waals surface area (Å²) < 4.78 is 1.52. The fourth-order valence-electron chi connectivity index (χ4n) is 5.70. The molecule has 3 unspecified atom stereocenters. The SMILES string of the molecule is O=C(CCCCC1SCC2NC(=O)NC21)NCCCCNC(=O)C1CCC(Cn2c(O)ccc2O)CC1. The molecule has 3 heterocycles. The van der Waals surface area contributed by atoms with Crippen molar-refractivity contribution in [3.8, 4) is 11.8 Å². The van der Waals surface area contributed by atoms with E-state index in [9.17, 15) is 24.6 Å². The summed E-state index contributed by atoms with van der Waals surface area (Å²) in [5.41, 5.74) is 0. The van der Waals surface area contributed by atoms with Crippen molar-refractivity contribution < 1.29 is 24.6 Å². The Morgan fingerprint density at radius 3 is 2.41 bits per heavy atom. The first-order valence-corrected chi connectivity index (χ1v) is 14.8. The van der Waals surface area contributed by atoms with Gasteiger partial charge >= 0.3 is 6.03 Å². The Bertz CT molecular complexity index is 913. The minimum Gasteiger partial charge on any atom is -0.494 e. The van der Waals surface area contributed by atoms with Crippen LogP contribution in [0.25, 0.3) is 0 Å². The number of fused-ring (bicyclic) bond motifs is 1. The zero-order chi connectivity index (χ0) is 26.2. The first-order valence-electron chi connectivity index (χ1n) is 13.7. The van der Waals surface area contributed by atoms with Crippen LogP contribution in [-0.2, 0) is 16.1 Å². The van der Waals surface area contributed by atoms with E-state index in [0.29, 0.717) is 37.2 Å². The number of hydrogen-bond donors (Lipinski definition) is 6. The highest BCUT2D eigenvalue weighted by Crippen LogP contribution is 2.34. The number of unbranched alkanes of at least 4 members (excludes halogenated alkanes) is 2. The molecule has 3 fully saturated rings. The molecule has 11 heteroatoms. The summed E-state index contributed by atoms with van der Waals surface area (Å²) in [7, 11) is 0. The quantitative estimate of drug-likeness (QED) is 0.169. The molecule has 2 saturated heterocycles. The highest BCUT2D eigenvalue weighted by molar-refractivity contribution is 8.00. The lowest BCUT2D eigenvalue weighted by Crippen LogP contribution is -2.36. The molecule has 4 rings (SSSR count). The summed E-state index contributed by atoms with van der Waals surface area (Å²) in [6.07, 6.45) is 8.48. The van der Waals surface area contributed by atoms with Crippen LogP contribution in [-0.4, -0.2) is 68.8 Å². The van der Waals surface area contributed by atoms with E-state index >= 15 is 0 Å². The van der Waals surface area contributed by atoms with E-state index < -0.39 is 0 Å². The third-order valence-electron chi connectivity index (χ3n) is 7.90. The molecule has 3 atom stereocenters. The molecule has 0 aromatic carbocycles. The smallest absolute Gasteiger partial charge is 0.315 e. The first-order chi connectivity index (χ1) is 17.9. The highest BCUT2D eigenvalue weighted by Gasteiger charge is 2.42. The second-order valence-electron chi connectivity index (χ2n) is 10.6. The van der Waals surface area contributed by atoms with Gasteiger partial charge in [-0.05, 0) is 57.3 Å². The molecule has 0 spiro atoms. The molecule has 1 aromatic heterocycles. The third kappa shape index (κ3) is 7.72. The van der Waals surface area contributed by atoms with Gasteiger partial charge in [-0.15, -0.1) is 0 Å². The average Bonchev–Trinajstić information content (AvgIpc) is 3.54. The molecule has 4 amide bonds. The van der Waals surface area contributed by atoms with Crippen molar-refractivity contribution in [1.82, 2.24) is 25.8 Å². The Morgan fingerprint density at radius 2 is 1.68 bits per heavy atom. The van der Waals surface area contributed by atoms with Gasteiger partial charge in [0.2, 0.25) is 11.8 Å². The van der Waals surface area contributed by atoms with Crippen molar-refractivity contribution in [3.63, 3.8) is 0 Å². The van der Waals surface area contributed by atoms with Gasteiger partial charge in [0.05, 0.1) is 12.1 Å². The minimum atomic E-state index is -0.0594. The molecule has 3 aliphatic rings. The van der Waals surface area contributed by atoms with Crippen molar-refractivity contribution in [3.05, 3.63) is 12.1 Å². The summed E-state index contributed by atoms with van der Waals surface area (Å²) in [6, 6.07) is 3.39. The number of amides is 4. The van der Waals surface area contributed by atoms with Gasteiger partial charge in [0, 0.05) is 55.1 Å². The number of carbonyl (C=O) groups is 3. The monoisotopic (exact) mass is 535 g/mol. The summed E-state index contributed by atoms with van der Waals surface area (Å²) >= 11 is 1.90. The van der Waals surface area contributed by atoms with Crippen molar-refractivity contribution in [2.45, 2.75) is 88.1 Å². The van der Waals surface area contributed by atoms with Crippen LogP contribution in [0, 0.1) is 11.8 Å². The predicted octanol–water partition coefficient (Wildman–Crippen LogP) is 2.44. The fraction of sp³-hybridized carbons (Fsp3) is 0.731. The number of carbonyl (C=O) groups excluding carboxylic acids is 3. The molecule has 206 valence electrons. The van der Waals surface area contributed by atoms with E-state index in [-0.39, 0.29) is 47.6 Å². The number of nitrogens with zero attached hydrogens (tertiary/aromatic N) is 1.